The van der Waals surface area contributed by atoms with Crippen LogP contribution in [0.1, 0.15) is 11.4 Å². The van der Waals surface area contributed by atoms with Crippen molar-refractivity contribution in [3.63, 3.8) is 0 Å². The first-order valence-corrected chi connectivity index (χ1v) is 12.4. The summed E-state index contributed by atoms with van der Waals surface area (Å²) in [6.07, 6.45) is 3.83. The van der Waals surface area contributed by atoms with E-state index in [2.05, 4.69) is 20.1 Å². The molecule has 0 amide bonds. The van der Waals surface area contributed by atoms with Crippen LogP contribution in [0.5, 0.6) is 0 Å². The highest BCUT2D eigenvalue weighted by atomic mass is 35.5. The Morgan fingerprint density at radius 1 is 0.810 bits per heavy atom. The molecule has 0 fully saturated rings. The summed E-state index contributed by atoms with van der Waals surface area (Å²) in [5.74, 6) is -6.17. The van der Waals surface area contributed by atoms with Crippen LogP contribution in [0, 0.1) is 29.1 Å². The number of nitrogens with zero attached hydrogens (tertiary/aromatic N) is 7. The first kappa shape index (κ1) is 27.2. The molecule has 0 saturated carbocycles. The Bertz CT molecular complexity index is 2150. The van der Waals surface area contributed by atoms with Gasteiger partial charge in [-0.05, 0) is 23.8 Å². The second-order valence-electron chi connectivity index (χ2n) is 9.28. The highest BCUT2D eigenvalue weighted by molar-refractivity contribution is 6.30. The van der Waals surface area contributed by atoms with Gasteiger partial charge in [-0.2, -0.15) is 5.10 Å². The van der Waals surface area contributed by atoms with E-state index in [0.717, 1.165) is 27.3 Å². The molecular weight excluding hydrogens is 585 g/mol. The number of benzene rings is 3. The van der Waals surface area contributed by atoms with E-state index in [1.807, 2.05) is 0 Å². The van der Waals surface area contributed by atoms with Crippen LogP contribution >= 0.6 is 11.6 Å². The molecule has 3 heterocycles. The molecule has 6 rings (SSSR count). The van der Waals surface area contributed by atoms with E-state index in [4.69, 9.17) is 11.6 Å². The smallest absolute Gasteiger partial charge is 0.289 e. The molecule has 3 aromatic carbocycles. The second-order valence-corrected chi connectivity index (χ2v) is 9.69. The number of aryl methyl sites for hydroxylation is 1. The predicted octanol–water partition coefficient (Wildman–Crippen LogP) is 4.35. The summed E-state index contributed by atoms with van der Waals surface area (Å²) in [6.45, 7) is -0.834. The maximum atomic E-state index is 15.0. The number of rotatable bonds is 5. The number of hydrogen-bond acceptors (Lipinski definition) is 6. The fourth-order valence-corrected chi connectivity index (χ4v) is 5.00. The van der Waals surface area contributed by atoms with Gasteiger partial charge in [0.05, 0.1) is 40.1 Å². The number of aromatic nitrogens is 7. The molecule has 212 valence electrons. The van der Waals surface area contributed by atoms with Gasteiger partial charge in [-0.25, -0.2) is 31.7 Å². The highest BCUT2D eigenvalue weighted by Gasteiger charge is 2.24. The molecule has 3 aromatic heterocycles. The van der Waals surface area contributed by atoms with E-state index in [1.165, 1.54) is 23.4 Å². The Balaban J connectivity index is 1.74. The molecule has 0 saturated heterocycles. The van der Waals surface area contributed by atoms with Crippen LogP contribution in [0.15, 0.2) is 58.6 Å². The summed E-state index contributed by atoms with van der Waals surface area (Å²) in [5.41, 5.74) is -3.08. The van der Waals surface area contributed by atoms with Crippen molar-refractivity contribution >= 4 is 33.5 Å². The average Bonchev–Trinajstić information content (AvgIpc) is 3.35. The summed E-state index contributed by atoms with van der Waals surface area (Å²) in [6, 6.07) is 3.99. The third-order valence-corrected chi connectivity index (χ3v) is 6.82. The predicted molar refractivity (Wildman–Crippen MR) is 141 cm³/mol. The minimum atomic E-state index is -1.30. The quantitative estimate of drug-likeness (QED) is 0.166. The molecule has 0 aliphatic rings. The van der Waals surface area contributed by atoms with Crippen LogP contribution < -0.4 is 11.2 Å². The minimum absolute atomic E-state index is 0.0309. The molecular formula is C27H15ClF5N7O2. The van der Waals surface area contributed by atoms with Crippen molar-refractivity contribution in [2.45, 2.75) is 13.1 Å². The summed E-state index contributed by atoms with van der Waals surface area (Å²) in [5, 5.41) is 3.38. The van der Waals surface area contributed by atoms with Crippen molar-refractivity contribution in [1.82, 2.24) is 33.9 Å². The Labute approximate surface area is 236 Å². The van der Waals surface area contributed by atoms with Gasteiger partial charge < -0.3 is 0 Å². The molecule has 0 aliphatic carbocycles. The number of fused-ring (bicyclic) bond motifs is 3. The molecule has 42 heavy (non-hydrogen) atoms. The highest BCUT2D eigenvalue weighted by Crippen LogP contribution is 2.35. The first-order chi connectivity index (χ1) is 20.0. The maximum absolute atomic E-state index is 15.0. The molecule has 0 bridgehead atoms. The summed E-state index contributed by atoms with van der Waals surface area (Å²) in [7, 11) is 1.59. The normalized spacial score (nSPS) is 11.6. The zero-order valence-corrected chi connectivity index (χ0v) is 22.0. The van der Waals surface area contributed by atoms with Crippen molar-refractivity contribution in [1.29, 1.82) is 0 Å². The average molecular weight is 600 g/mol. The van der Waals surface area contributed by atoms with Crippen LogP contribution in [-0.4, -0.2) is 33.9 Å². The molecule has 0 spiro atoms. The monoisotopic (exact) mass is 599 g/mol. The summed E-state index contributed by atoms with van der Waals surface area (Å²) < 4.78 is 75.1. The van der Waals surface area contributed by atoms with Gasteiger partial charge in [0.2, 0.25) is 0 Å². The topological polar surface area (TPSA) is 100 Å². The van der Waals surface area contributed by atoms with Crippen molar-refractivity contribution in [3.8, 4) is 11.1 Å². The molecule has 6 aromatic rings. The Morgan fingerprint density at radius 3 is 2.14 bits per heavy atom. The van der Waals surface area contributed by atoms with Crippen LogP contribution in [0.4, 0.5) is 22.0 Å². The van der Waals surface area contributed by atoms with Crippen LogP contribution in [0.25, 0.3) is 33.1 Å². The summed E-state index contributed by atoms with van der Waals surface area (Å²) in [4.78, 5) is 40.2. The number of hydrogen-bond donors (Lipinski definition) is 0. The zero-order valence-electron chi connectivity index (χ0n) is 21.2. The van der Waals surface area contributed by atoms with Gasteiger partial charge in [0.25, 0.3) is 5.56 Å². The number of halogens is 6. The van der Waals surface area contributed by atoms with Crippen LogP contribution in [0.2, 0.25) is 5.02 Å². The Morgan fingerprint density at radius 2 is 1.50 bits per heavy atom. The largest absolute Gasteiger partial charge is 0.332 e. The lowest BCUT2D eigenvalue weighted by molar-refractivity contribution is 0.506. The van der Waals surface area contributed by atoms with Gasteiger partial charge in [0, 0.05) is 37.1 Å². The lowest BCUT2D eigenvalue weighted by Gasteiger charge is -2.17. The SMILES string of the molecule is Cn1cnc(Cn2c(=O)c3c4nccnc4c(-c4c(F)cc(F)cc4F)cc3n(Cc3cc(F)c(F)c(Cl)c3)c2=O)n1. The maximum Gasteiger partial charge on any atom is 0.332 e. The zero-order chi connectivity index (χ0) is 29.9. The van der Waals surface area contributed by atoms with Gasteiger partial charge in [0.15, 0.2) is 17.5 Å². The standard InChI is InChI=1S/C27H15ClF5N7O2/c1-38-11-36-20(37-38)10-40-26(41)22-19(39(27(40)42)9-12-4-15(28)23(33)18(32)5-12)8-14(24-25(22)35-3-2-34-24)21-16(30)6-13(29)7-17(21)31/h2-8,11H,9-10H2,1H3. The van der Waals surface area contributed by atoms with Gasteiger partial charge >= 0.3 is 5.69 Å². The minimum Gasteiger partial charge on any atom is -0.289 e. The second kappa shape index (κ2) is 10.1. The first-order valence-electron chi connectivity index (χ1n) is 12.1. The van der Waals surface area contributed by atoms with Crippen LogP contribution in [0.3, 0.4) is 0 Å². The molecule has 0 unspecified atom stereocenters. The molecule has 0 atom stereocenters. The van der Waals surface area contributed by atoms with Gasteiger partial charge in [-0.1, -0.05) is 11.6 Å². The van der Waals surface area contributed by atoms with E-state index in [-0.39, 0.29) is 45.4 Å². The van der Waals surface area contributed by atoms with Gasteiger partial charge in [-0.15, -0.1) is 0 Å². The van der Waals surface area contributed by atoms with E-state index >= 15 is 0 Å². The molecule has 0 N–H and O–H groups in total. The fraction of sp³-hybridized carbons (Fsp3) is 0.111. The lowest BCUT2D eigenvalue weighted by Crippen LogP contribution is -2.41. The van der Waals surface area contributed by atoms with Crippen LogP contribution in [-0.2, 0) is 20.1 Å². The third kappa shape index (κ3) is 4.49. The Hall–Kier alpha value is -4.98. The molecule has 0 radical (unpaired) electrons. The van der Waals surface area contributed by atoms with E-state index in [1.54, 1.807) is 7.05 Å². The molecule has 0 aliphatic heterocycles. The van der Waals surface area contributed by atoms with Gasteiger partial charge in [-0.3, -0.25) is 28.6 Å². The van der Waals surface area contributed by atoms with E-state index in [0.29, 0.717) is 12.1 Å². The van der Waals surface area contributed by atoms with E-state index in [9.17, 15) is 31.5 Å². The fourth-order valence-electron chi connectivity index (χ4n) is 4.77. The van der Waals surface area contributed by atoms with Crippen molar-refractivity contribution in [3.05, 3.63) is 115 Å². The van der Waals surface area contributed by atoms with E-state index < -0.39 is 57.5 Å². The van der Waals surface area contributed by atoms with Crippen molar-refractivity contribution < 1.29 is 22.0 Å². The van der Waals surface area contributed by atoms with Gasteiger partial charge in [0.1, 0.15) is 29.3 Å². The van der Waals surface area contributed by atoms with Crippen molar-refractivity contribution in [2.75, 3.05) is 0 Å². The van der Waals surface area contributed by atoms with Crippen molar-refractivity contribution in [2.24, 2.45) is 7.05 Å². The Kier molecular flexibility index (Phi) is 6.56. The summed E-state index contributed by atoms with van der Waals surface area (Å²) >= 11 is 5.83. The third-order valence-electron chi connectivity index (χ3n) is 6.55. The molecule has 9 nitrogen and oxygen atoms in total. The lowest BCUT2D eigenvalue weighted by atomic mass is 9.99. The molecule has 15 heteroatoms.